The van der Waals surface area contributed by atoms with Crippen molar-refractivity contribution in [3.8, 4) is 0 Å². The molecule has 1 rings (SSSR count). The van der Waals surface area contributed by atoms with Crippen LogP contribution in [0, 0.1) is 10.1 Å². The van der Waals surface area contributed by atoms with E-state index in [0.717, 1.165) is 12.3 Å². The number of hydrogen-bond donors (Lipinski definition) is 1. The number of nitro groups is 1. The van der Waals surface area contributed by atoms with E-state index in [2.05, 4.69) is 4.98 Å². The van der Waals surface area contributed by atoms with Gasteiger partial charge in [0.25, 0.3) is 5.69 Å². The molecule has 15 heavy (non-hydrogen) atoms. The zero-order valence-electron chi connectivity index (χ0n) is 8.17. The molecule has 0 unspecified atom stereocenters. The van der Waals surface area contributed by atoms with E-state index in [1.54, 1.807) is 14.1 Å². The summed E-state index contributed by atoms with van der Waals surface area (Å²) >= 11 is 0. The third kappa shape index (κ3) is 2.19. The van der Waals surface area contributed by atoms with E-state index in [-0.39, 0.29) is 17.1 Å². The van der Waals surface area contributed by atoms with Gasteiger partial charge in [-0.05, 0) is 0 Å². The lowest BCUT2D eigenvalue weighted by atomic mass is 10.2. The molecule has 0 aromatic carbocycles. The Morgan fingerprint density at radius 2 is 2.20 bits per heavy atom. The summed E-state index contributed by atoms with van der Waals surface area (Å²) in [7, 11) is 3.22. The number of carbonyl (C=O) groups is 1. The third-order valence-corrected chi connectivity index (χ3v) is 1.72. The maximum atomic E-state index is 10.8. The molecule has 0 bridgehead atoms. The zero-order chi connectivity index (χ0) is 11.6. The van der Waals surface area contributed by atoms with E-state index in [4.69, 9.17) is 5.11 Å². The molecule has 0 radical (unpaired) electrons. The normalized spacial score (nSPS) is 9.73. The first-order chi connectivity index (χ1) is 6.93. The molecule has 0 aliphatic heterocycles. The molecule has 0 spiro atoms. The van der Waals surface area contributed by atoms with Gasteiger partial charge in [-0.1, -0.05) is 0 Å². The lowest BCUT2D eigenvalue weighted by molar-refractivity contribution is -0.385. The molecule has 1 aromatic heterocycles. The van der Waals surface area contributed by atoms with Crippen molar-refractivity contribution in [2.75, 3.05) is 19.0 Å². The largest absolute Gasteiger partial charge is 0.478 e. The number of anilines is 1. The summed E-state index contributed by atoms with van der Waals surface area (Å²) in [5.74, 6) is -1.05. The standard InChI is InChI=1S/C8H9N3O4/c1-10(2)7-6(8(12)13)3-5(4-9-7)11(14)15/h3-4H,1-2H3,(H,12,13). The van der Waals surface area contributed by atoms with Crippen LogP contribution in [0.3, 0.4) is 0 Å². The van der Waals surface area contributed by atoms with Gasteiger partial charge in [0.15, 0.2) is 0 Å². The van der Waals surface area contributed by atoms with Crippen molar-refractivity contribution >= 4 is 17.5 Å². The van der Waals surface area contributed by atoms with E-state index in [1.807, 2.05) is 0 Å². The second-order valence-electron chi connectivity index (χ2n) is 3.02. The molecule has 0 aliphatic carbocycles. The highest BCUT2D eigenvalue weighted by molar-refractivity contribution is 5.93. The molecule has 1 heterocycles. The summed E-state index contributed by atoms with van der Waals surface area (Å²) in [4.78, 5) is 25.7. The van der Waals surface area contributed by atoms with Crippen LogP contribution in [-0.2, 0) is 0 Å². The minimum absolute atomic E-state index is 0.186. The summed E-state index contributed by atoms with van der Waals surface area (Å²) in [5.41, 5.74) is -0.521. The van der Waals surface area contributed by atoms with Crippen LogP contribution in [0.1, 0.15) is 10.4 Å². The molecule has 1 aromatic rings. The van der Waals surface area contributed by atoms with Crippen LogP contribution < -0.4 is 4.90 Å². The van der Waals surface area contributed by atoms with Crippen molar-refractivity contribution in [1.82, 2.24) is 4.98 Å². The van der Waals surface area contributed by atoms with Crippen LogP contribution in [-0.4, -0.2) is 35.1 Å². The maximum absolute atomic E-state index is 10.8. The summed E-state index contributed by atoms with van der Waals surface area (Å²) in [6.45, 7) is 0. The maximum Gasteiger partial charge on any atom is 0.339 e. The Kier molecular flexibility index (Phi) is 2.84. The minimum atomic E-state index is -1.24. The van der Waals surface area contributed by atoms with Crippen molar-refractivity contribution in [2.45, 2.75) is 0 Å². The fraction of sp³-hybridized carbons (Fsp3) is 0.250. The van der Waals surface area contributed by atoms with Gasteiger partial charge in [0.1, 0.15) is 17.6 Å². The van der Waals surface area contributed by atoms with Gasteiger partial charge in [-0.3, -0.25) is 10.1 Å². The SMILES string of the molecule is CN(C)c1ncc([N+](=O)[O-])cc1C(=O)O. The van der Waals surface area contributed by atoms with Gasteiger partial charge < -0.3 is 10.0 Å². The number of carboxylic acids is 1. The number of carboxylic acid groups (broad SMARTS) is 1. The van der Waals surface area contributed by atoms with E-state index < -0.39 is 10.9 Å². The quantitative estimate of drug-likeness (QED) is 0.585. The fourth-order valence-corrected chi connectivity index (χ4v) is 1.06. The van der Waals surface area contributed by atoms with Crippen molar-refractivity contribution in [3.05, 3.63) is 27.9 Å². The van der Waals surface area contributed by atoms with Gasteiger partial charge in [-0.25, -0.2) is 9.78 Å². The first-order valence-electron chi connectivity index (χ1n) is 3.98. The summed E-state index contributed by atoms with van der Waals surface area (Å²) in [6.07, 6.45) is 1.03. The fourth-order valence-electron chi connectivity index (χ4n) is 1.06. The average Bonchev–Trinajstić information content (AvgIpc) is 2.16. The smallest absolute Gasteiger partial charge is 0.339 e. The highest BCUT2D eigenvalue weighted by Gasteiger charge is 2.18. The molecule has 0 fully saturated rings. The molecule has 0 aliphatic rings. The van der Waals surface area contributed by atoms with Crippen LogP contribution in [0.15, 0.2) is 12.3 Å². The van der Waals surface area contributed by atoms with Crippen LogP contribution in [0.25, 0.3) is 0 Å². The Hall–Kier alpha value is -2.18. The first kappa shape index (κ1) is 10.9. The van der Waals surface area contributed by atoms with E-state index in [0.29, 0.717) is 0 Å². The second-order valence-corrected chi connectivity index (χ2v) is 3.02. The molecule has 80 valence electrons. The van der Waals surface area contributed by atoms with Crippen LogP contribution in [0.5, 0.6) is 0 Å². The number of rotatable bonds is 3. The molecular weight excluding hydrogens is 202 g/mol. The summed E-state index contributed by atoms with van der Waals surface area (Å²) in [5, 5.41) is 19.2. The van der Waals surface area contributed by atoms with E-state index in [1.165, 1.54) is 4.90 Å². The second kappa shape index (κ2) is 3.91. The Labute approximate surface area is 85.1 Å². The van der Waals surface area contributed by atoms with Gasteiger partial charge in [-0.15, -0.1) is 0 Å². The number of pyridine rings is 1. The van der Waals surface area contributed by atoms with Gasteiger partial charge in [0.05, 0.1) is 4.92 Å². The third-order valence-electron chi connectivity index (χ3n) is 1.72. The predicted octanol–water partition coefficient (Wildman–Crippen LogP) is 0.754. The van der Waals surface area contributed by atoms with Gasteiger partial charge >= 0.3 is 5.97 Å². The topological polar surface area (TPSA) is 96.6 Å². The number of hydrogen-bond acceptors (Lipinski definition) is 5. The Bertz CT molecular complexity index is 416. The van der Waals surface area contributed by atoms with E-state index in [9.17, 15) is 14.9 Å². The number of aromatic nitrogens is 1. The molecule has 7 nitrogen and oxygen atoms in total. The Balaban J connectivity index is 3.33. The molecular formula is C8H9N3O4. The Morgan fingerprint density at radius 1 is 1.60 bits per heavy atom. The number of aromatic carboxylic acids is 1. The van der Waals surface area contributed by atoms with Gasteiger partial charge in [0.2, 0.25) is 0 Å². The molecule has 0 saturated carbocycles. The van der Waals surface area contributed by atoms with Crippen molar-refractivity contribution in [3.63, 3.8) is 0 Å². The average molecular weight is 211 g/mol. The van der Waals surface area contributed by atoms with Crippen LogP contribution in [0.4, 0.5) is 11.5 Å². The molecule has 1 N–H and O–H groups in total. The highest BCUT2D eigenvalue weighted by Crippen LogP contribution is 2.20. The Morgan fingerprint density at radius 3 is 2.60 bits per heavy atom. The molecule has 7 heteroatoms. The first-order valence-corrected chi connectivity index (χ1v) is 3.98. The molecule has 0 amide bonds. The van der Waals surface area contributed by atoms with Crippen molar-refractivity contribution in [2.24, 2.45) is 0 Å². The summed E-state index contributed by atoms with van der Waals surface area (Å²) < 4.78 is 0. The number of nitrogens with zero attached hydrogens (tertiary/aromatic N) is 3. The lowest BCUT2D eigenvalue weighted by Crippen LogP contribution is -2.15. The zero-order valence-corrected chi connectivity index (χ0v) is 8.17. The molecule has 0 atom stereocenters. The monoisotopic (exact) mass is 211 g/mol. The molecule has 0 saturated heterocycles. The summed E-state index contributed by atoms with van der Waals surface area (Å²) in [6, 6.07) is 0.991. The van der Waals surface area contributed by atoms with Gasteiger partial charge in [0, 0.05) is 20.2 Å². The predicted molar refractivity (Wildman–Crippen MR) is 52.2 cm³/mol. The van der Waals surface area contributed by atoms with Crippen molar-refractivity contribution in [1.29, 1.82) is 0 Å². The lowest BCUT2D eigenvalue weighted by Gasteiger charge is -2.12. The minimum Gasteiger partial charge on any atom is -0.478 e. The highest BCUT2D eigenvalue weighted by atomic mass is 16.6. The van der Waals surface area contributed by atoms with Crippen LogP contribution >= 0.6 is 0 Å². The van der Waals surface area contributed by atoms with E-state index >= 15 is 0 Å². The van der Waals surface area contributed by atoms with Gasteiger partial charge in [-0.2, -0.15) is 0 Å². The van der Waals surface area contributed by atoms with Crippen molar-refractivity contribution < 1.29 is 14.8 Å². The van der Waals surface area contributed by atoms with Crippen LogP contribution in [0.2, 0.25) is 0 Å².